The summed E-state index contributed by atoms with van der Waals surface area (Å²) in [7, 11) is 1.56. The van der Waals surface area contributed by atoms with Gasteiger partial charge in [-0.2, -0.15) is 0 Å². The summed E-state index contributed by atoms with van der Waals surface area (Å²) in [6.07, 6.45) is 1.31. The molecule has 36 heavy (non-hydrogen) atoms. The Morgan fingerprint density at radius 1 is 1.06 bits per heavy atom. The summed E-state index contributed by atoms with van der Waals surface area (Å²) in [5.41, 5.74) is 0.905. The molecule has 194 valence electrons. The second-order valence-electron chi connectivity index (χ2n) is 10.3. The Hall–Kier alpha value is -3.53. The van der Waals surface area contributed by atoms with Crippen molar-refractivity contribution in [2.45, 2.75) is 66.1 Å². The van der Waals surface area contributed by atoms with Crippen LogP contribution in [0.3, 0.4) is 0 Å². The summed E-state index contributed by atoms with van der Waals surface area (Å²) < 4.78 is 9.27. The van der Waals surface area contributed by atoms with E-state index in [9.17, 15) is 19.2 Å². The Morgan fingerprint density at radius 2 is 1.72 bits per heavy atom. The fraction of sp³-hybridized carbons (Fsp3) is 0.500. The highest BCUT2D eigenvalue weighted by molar-refractivity contribution is 6.04. The van der Waals surface area contributed by atoms with Crippen LogP contribution in [0.1, 0.15) is 57.0 Å². The average molecular weight is 498 g/mol. The predicted octanol–water partition coefficient (Wildman–Crippen LogP) is 2.31. The first-order chi connectivity index (χ1) is 16.9. The molecule has 2 aromatic heterocycles. The molecule has 1 N–H and O–H groups in total. The van der Waals surface area contributed by atoms with Crippen LogP contribution >= 0.6 is 0 Å². The Bertz CT molecular complexity index is 1360. The molecule has 10 heteroatoms. The van der Waals surface area contributed by atoms with E-state index in [2.05, 4.69) is 31.1 Å². The molecule has 0 aliphatic rings. The average Bonchev–Trinajstić information content (AvgIpc) is 3.23. The number of carbonyl (C=O) groups is 2. The number of rotatable bonds is 9. The quantitative estimate of drug-likeness (QED) is 0.485. The molecule has 3 rings (SSSR count). The Balaban J connectivity index is 1.82. The summed E-state index contributed by atoms with van der Waals surface area (Å²) >= 11 is 0. The van der Waals surface area contributed by atoms with Crippen molar-refractivity contribution in [2.24, 2.45) is 5.92 Å². The van der Waals surface area contributed by atoms with Gasteiger partial charge in [0, 0.05) is 38.7 Å². The van der Waals surface area contributed by atoms with Gasteiger partial charge in [0.2, 0.25) is 5.91 Å². The summed E-state index contributed by atoms with van der Waals surface area (Å²) in [5, 5.41) is 2.35. The van der Waals surface area contributed by atoms with Gasteiger partial charge in [-0.3, -0.25) is 28.8 Å². The molecule has 2 heterocycles. The molecule has 10 nitrogen and oxygen atoms in total. The lowest BCUT2D eigenvalue weighted by molar-refractivity contribution is -0.120. The number of nitrogens with one attached hydrogen (secondary N) is 1. The van der Waals surface area contributed by atoms with Gasteiger partial charge in [0.05, 0.1) is 12.9 Å². The molecule has 0 bridgehead atoms. The first-order valence-electron chi connectivity index (χ1n) is 12.1. The van der Waals surface area contributed by atoms with Crippen LogP contribution in [0, 0.1) is 5.92 Å². The Morgan fingerprint density at radius 3 is 2.31 bits per heavy atom. The minimum absolute atomic E-state index is 0.0550. The van der Waals surface area contributed by atoms with Crippen molar-refractivity contribution in [2.75, 3.05) is 13.7 Å². The van der Waals surface area contributed by atoms with Crippen LogP contribution in [0.2, 0.25) is 0 Å². The highest BCUT2D eigenvalue weighted by Crippen LogP contribution is 2.22. The minimum Gasteiger partial charge on any atom is -0.383 e. The van der Waals surface area contributed by atoms with Gasteiger partial charge < -0.3 is 9.30 Å². The second kappa shape index (κ2) is 11.0. The van der Waals surface area contributed by atoms with E-state index in [1.54, 1.807) is 23.8 Å². The molecule has 0 aliphatic carbocycles. The van der Waals surface area contributed by atoms with E-state index in [0.29, 0.717) is 30.9 Å². The van der Waals surface area contributed by atoms with E-state index in [1.165, 1.54) is 10.9 Å². The molecule has 1 aromatic carbocycles. The number of imide groups is 1. The molecule has 0 saturated heterocycles. The molecule has 0 atom stereocenters. The topological polar surface area (TPSA) is 117 Å². The number of carbonyl (C=O) groups excluding carboxylic acids is 2. The fourth-order valence-electron chi connectivity index (χ4n) is 3.92. The lowest BCUT2D eigenvalue weighted by Gasteiger charge is -2.19. The lowest BCUT2D eigenvalue weighted by Crippen LogP contribution is -2.42. The van der Waals surface area contributed by atoms with Crippen LogP contribution in [-0.4, -0.2) is 44.2 Å². The van der Waals surface area contributed by atoms with Crippen LogP contribution in [0.4, 0.5) is 0 Å². The maximum absolute atomic E-state index is 13.3. The number of fused-ring (bicyclic) bond motifs is 1. The number of amides is 2. The first-order valence-corrected chi connectivity index (χ1v) is 12.1. The van der Waals surface area contributed by atoms with E-state index in [-0.39, 0.29) is 29.8 Å². The third-order valence-corrected chi connectivity index (χ3v) is 5.90. The molecule has 0 radical (unpaired) electrons. The van der Waals surface area contributed by atoms with E-state index in [1.807, 2.05) is 26.0 Å². The number of hydrogen-bond acceptors (Lipinski definition) is 6. The summed E-state index contributed by atoms with van der Waals surface area (Å²) in [4.78, 5) is 55.8. The largest absolute Gasteiger partial charge is 0.383 e. The van der Waals surface area contributed by atoms with Crippen molar-refractivity contribution in [3.8, 4) is 0 Å². The zero-order valence-electron chi connectivity index (χ0n) is 21.8. The van der Waals surface area contributed by atoms with E-state index >= 15 is 0 Å². The predicted molar refractivity (Wildman–Crippen MR) is 137 cm³/mol. The number of nitrogens with zero attached hydrogens (tertiary/aromatic N) is 4. The van der Waals surface area contributed by atoms with E-state index in [0.717, 1.165) is 10.1 Å². The van der Waals surface area contributed by atoms with Crippen molar-refractivity contribution >= 4 is 23.0 Å². The van der Waals surface area contributed by atoms with Gasteiger partial charge >= 0.3 is 5.69 Å². The number of ether oxygens (including phenoxy) is 1. The highest BCUT2D eigenvalue weighted by atomic mass is 16.5. The maximum Gasteiger partial charge on any atom is 0.332 e. The number of benzene rings is 1. The van der Waals surface area contributed by atoms with Gasteiger partial charge in [0.1, 0.15) is 0 Å². The molecule has 0 fully saturated rings. The van der Waals surface area contributed by atoms with Crippen LogP contribution in [-0.2, 0) is 34.6 Å². The third-order valence-electron chi connectivity index (χ3n) is 5.90. The van der Waals surface area contributed by atoms with Crippen molar-refractivity contribution in [1.29, 1.82) is 0 Å². The van der Waals surface area contributed by atoms with Crippen LogP contribution in [0.5, 0.6) is 0 Å². The standard InChI is InChI=1S/C26H35N5O5/c1-17(2)15-31-22-21(29(16-27-22)13-14-36-6)24(34)30(25(31)35)12-11-20(32)28-23(33)18-7-9-19(10-8-18)26(3,4)5/h7-10,16-17H,11-15H2,1-6H3,(H,28,32,33). The molecule has 0 unspecified atom stereocenters. The molecule has 0 spiro atoms. The van der Waals surface area contributed by atoms with Crippen molar-refractivity contribution < 1.29 is 14.3 Å². The fourth-order valence-corrected chi connectivity index (χ4v) is 3.92. The van der Waals surface area contributed by atoms with Gasteiger partial charge in [-0.15, -0.1) is 0 Å². The van der Waals surface area contributed by atoms with Gasteiger partial charge in [0.25, 0.3) is 11.5 Å². The maximum atomic E-state index is 13.3. The molecular weight excluding hydrogens is 462 g/mol. The van der Waals surface area contributed by atoms with E-state index in [4.69, 9.17) is 4.74 Å². The first kappa shape index (κ1) is 27.1. The number of imidazole rings is 1. The molecule has 0 aliphatic heterocycles. The van der Waals surface area contributed by atoms with Gasteiger partial charge in [-0.25, -0.2) is 9.78 Å². The van der Waals surface area contributed by atoms with Gasteiger partial charge in [-0.05, 0) is 29.0 Å². The summed E-state index contributed by atoms with van der Waals surface area (Å²) in [6, 6.07) is 7.07. The molecule has 2 amide bonds. The zero-order chi connectivity index (χ0) is 26.6. The molecular formula is C26H35N5O5. The number of methoxy groups -OCH3 is 1. The summed E-state index contributed by atoms with van der Waals surface area (Å²) in [6.45, 7) is 11.1. The smallest absolute Gasteiger partial charge is 0.332 e. The van der Waals surface area contributed by atoms with Crippen molar-refractivity contribution in [3.63, 3.8) is 0 Å². The second-order valence-corrected chi connectivity index (χ2v) is 10.3. The molecule has 0 saturated carbocycles. The molecule has 3 aromatic rings. The lowest BCUT2D eigenvalue weighted by atomic mass is 9.87. The summed E-state index contributed by atoms with van der Waals surface area (Å²) in [5.74, 6) is -0.973. The van der Waals surface area contributed by atoms with Gasteiger partial charge in [-0.1, -0.05) is 46.8 Å². The number of aromatic nitrogens is 4. The Kier molecular flexibility index (Phi) is 8.29. The number of hydrogen-bond donors (Lipinski definition) is 1. The van der Waals surface area contributed by atoms with E-state index < -0.39 is 23.1 Å². The normalized spacial score (nSPS) is 11.9. The van der Waals surface area contributed by atoms with Crippen molar-refractivity contribution in [3.05, 3.63) is 62.6 Å². The van der Waals surface area contributed by atoms with Crippen LogP contribution < -0.4 is 16.6 Å². The third kappa shape index (κ3) is 5.99. The SMILES string of the molecule is COCCn1cnc2c1c(=O)n(CCC(=O)NC(=O)c1ccc(C(C)(C)C)cc1)c(=O)n2CC(C)C. The van der Waals surface area contributed by atoms with Gasteiger partial charge in [0.15, 0.2) is 11.2 Å². The Labute approximate surface area is 209 Å². The van der Waals surface area contributed by atoms with Crippen molar-refractivity contribution in [1.82, 2.24) is 24.0 Å². The van der Waals surface area contributed by atoms with Crippen LogP contribution in [0.25, 0.3) is 11.2 Å². The minimum atomic E-state index is -0.574. The zero-order valence-corrected chi connectivity index (χ0v) is 21.8. The highest BCUT2D eigenvalue weighted by Gasteiger charge is 2.20. The monoisotopic (exact) mass is 497 g/mol. The van der Waals surface area contributed by atoms with Crippen LogP contribution in [0.15, 0.2) is 40.2 Å².